The van der Waals surface area contributed by atoms with Gasteiger partial charge in [-0.3, -0.25) is 0 Å². The summed E-state index contributed by atoms with van der Waals surface area (Å²) in [6, 6.07) is 1.67. The highest BCUT2D eigenvalue weighted by molar-refractivity contribution is 9.11. The molecule has 1 aliphatic rings. The van der Waals surface area contributed by atoms with Crippen molar-refractivity contribution in [2.75, 3.05) is 13.1 Å². The lowest BCUT2D eigenvalue weighted by Gasteiger charge is -2.38. The van der Waals surface area contributed by atoms with Gasteiger partial charge in [0.25, 0.3) is 0 Å². The molecule has 7 heteroatoms. The zero-order valence-corrected chi connectivity index (χ0v) is 13.8. The number of aryl methyl sites for hydroxylation is 1. The van der Waals surface area contributed by atoms with Gasteiger partial charge in [0.15, 0.2) is 0 Å². The molecule has 2 unspecified atom stereocenters. The lowest BCUT2D eigenvalue weighted by Crippen LogP contribution is -2.57. The summed E-state index contributed by atoms with van der Waals surface area (Å²) in [4.78, 5) is 1.26. The molecule has 0 spiro atoms. The average Bonchev–Trinajstić information content (AvgIpc) is 2.57. The summed E-state index contributed by atoms with van der Waals surface area (Å²) in [5.41, 5.74) is 0. The fraction of sp³-hybridized carbons (Fsp3) is 0.636. The topological polar surface area (TPSA) is 49.4 Å². The van der Waals surface area contributed by atoms with E-state index in [-0.39, 0.29) is 12.1 Å². The molecule has 2 heterocycles. The van der Waals surface area contributed by atoms with Crippen LogP contribution in [0.2, 0.25) is 0 Å². The number of rotatable bonds is 2. The van der Waals surface area contributed by atoms with E-state index in [2.05, 4.69) is 21.2 Å². The smallest absolute Gasteiger partial charge is 0.244 e. The van der Waals surface area contributed by atoms with Crippen molar-refractivity contribution in [1.29, 1.82) is 0 Å². The standard InChI is InChI=1S/C11H17BrN2O2S2/c1-7-5-13-6-8(2)14(7)18(15,16)10-4-11(12)17-9(10)3/h4,7-8,13H,5-6H2,1-3H3. The third-order valence-electron chi connectivity index (χ3n) is 3.15. The van der Waals surface area contributed by atoms with Gasteiger partial charge in [0.05, 0.1) is 8.68 Å². The molecule has 18 heavy (non-hydrogen) atoms. The first-order valence-corrected chi connectivity index (χ1v) is 8.89. The normalized spacial score (nSPS) is 26.4. The SMILES string of the molecule is Cc1sc(Br)cc1S(=O)(=O)N1C(C)CNCC1C. The minimum Gasteiger partial charge on any atom is -0.314 e. The molecular weight excluding hydrogens is 336 g/mol. The van der Waals surface area contributed by atoms with Gasteiger partial charge < -0.3 is 5.32 Å². The van der Waals surface area contributed by atoms with Gasteiger partial charge in [-0.1, -0.05) is 0 Å². The molecule has 1 N–H and O–H groups in total. The Bertz CT molecular complexity index is 531. The van der Waals surface area contributed by atoms with Crippen molar-refractivity contribution in [3.05, 3.63) is 14.7 Å². The van der Waals surface area contributed by atoms with Gasteiger partial charge in [0.2, 0.25) is 10.0 Å². The van der Waals surface area contributed by atoms with Gasteiger partial charge in [-0.25, -0.2) is 8.42 Å². The molecule has 0 aliphatic carbocycles. The summed E-state index contributed by atoms with van der Waals surface area (Å²) < 4.78 is 27.9. The van der Waals surface area contributed by atoms with Crippen molar-refractivity contribution < 1.29 is 8.42 Å². The van der Waals surface area contributed by atoms with Crippen LogP contribution in [0.25, 0.3) is 0 Å². The first kappa shape index (κ1) is 14.5. The van der Waals surface area contributed by atoms with E-state index in [9.17, 15) is 8.42 Å². The Morgan fingerprint density at radius 3 is 2.39 bits per heavy atom. The fourth-order valence-corrected chi connectivity index (χ4v) is 6.60. The Kier molecular flexibility index (Phi) is 4.18. The predicted octanol–water partition coefficient (Wildman–Crippen LogP) is 2.19. The maximum Gasteiger partial charge on any atom is 0.244 e. The minimum atomic E-state index is -3.40. The van der Waals surface area contributed by atoms with Crippen molar-refractivity contribution in [2.45, 2.75) is 37.8 Å². The van der Waals surface area contributed by atoms with Gasteiger partial charge >= 0.3 is 0 Å². The second-order valence-electron chi connectivity index (χ2n) is 4.66. The Labute approximate surface area is 121 Å². The molecule has 0 radical (unpaired) electrons. The summed E-state index contributed by atoms with van der Waals surface area (Å²) in [5, 5.41) is 3.24. The molecule has 2 atom stereocenters. The maximum atomic E-state index is 12.7. The third kappa shape index (κ3) is 2.51. The summed E-state index contributed by atoms with van der Waals surface area (Å²) >= 11 is 4.81. The van der Waals surface area contributed by atoms with Crippen LogP contribution in [-0.4, -0.2) is 37.9 Å². The number of sulfonamides is 1. The number of hydrogen-bond acceptors (Lipinski definition) is 4. The van der Waals surface area contributed by atoms with Gasteiger partial charge in [-0.15, -0.1) is 11.3 Å². The van der Waals surface area contributed by atoms with Crippen molar-refractivity contribution in [1.82, 2.24) is 9.62 Å². The lowest BCUT2D eigenvalue weighted by atomic mass is 10.2. The molecule has 1 saturated heterocycles. The maximum absolute atomic E-state index is 12.7. The van der Waals surface area contributed by atoms with Crippen LogP contribution in [0.3, 0.4) is 0 Å². The molecule has 1 aliphatic heterocycles. The fourth-order valence-electron chi connectivity index (χ4n) is 2.39. The molecule has 1 aromatic heterocycles. The molecule has 2 rings (SSSR count). The van der Waals surface area contributed by atoms with E-state index in [1.54, 1.807) is 10.4 Å². The Balaban J connectivity index is 2.44. The van der Waals surface area contributed by atoms with Crippen LogP contribution < -0.4 is 5.32 Å². The second kappa shape index (κ2) is 5.20. The van der Waals surface area contributed by atoms with Gasteiger partial charge in [-0.2, -0.15) is 4.31 Å². The number of thiophene rings is 1. The molecule has 0 aromatic carbocycles. The number of nitrogens with one attached hydrogen (secondary N) is 1. The number of piperazine rings is 1. The van der Waals surface area contributed by atoms with Crippen LogP contribution in [0.4, 0.5) is 0 Å². The van der Waals surface area contributed by atoms with E-state index in [1.807, 2.05) is 20.8 Å². The van der Waals surface area contributed by atoms with Crippen LogP contribution in [0, 0.1) is 6.92 Å². The van der Waals surface area contributed by atoms with E-state index in [0.29, 0.717) is 18.0 Å². The molecule has 4 nitrogen and oxygen atoms in total. The first-order valence-electron chi connectivity index (χ1n) is 5.84. The van der Waals surface area contributed by atoms with Crippen molar-refractivity contribution in [2.24, 2.45) is 0 Å². The Hall–Kier alpha value is 0.0500. The van der Waals surface area contributed by atoms with Crippen molar-refractivity contribution in [3.8, 4) is 0 Å². The van der Waals surface area contributed by atoms with E-state index in [4.69, 9.17) is 0 Å². The Morgan fingerprint density at radius 1 is 1.39 bits per heavy atom. The van der Waals surface area contributed by atoms with Crippen LogP contribution in [0.1, 0.15) is 18.7 Å². The summed E-state index contributed by atoms with van der Waals surface area (Å²) in [5.74, 6) is 0. The predicted molar refractivity (Wildman–Crippen MR) is 77.6 cm³/mol. The monoisotopic (exact) mass is 352 g/mol. The highest BCUT2D eigenvalue weighted by atomic mass is 79.9. The van der Waals surface area contributed by atoms with E-state index >= 15 is 0 Å². The lowest BCUT2D eigenvalue weighted by molar-refractivity contribution is 0.220. The van der Waals surface area contributed by atoms with Crippen LogP contribution in [0.5, 0.6) is 0 Å². The first-order chi connectivity index (χ1) is 8.34. The Morgan fingerprint density at radius 2 is 1.94 bits per heavy atom. The third-order valence-corrected chi connectivity index (χ3v) is 7.08. The number of halogens is 1. The highest BCUT2D eigenvalue weighted by Gasteiger charge is 2.36. The molecule has 0 saturated carbocycles. The molecule has 0 amide bonds. The molecule has 0 bridgehead atoms. The summed E-state index contributed by atoms with van der Waals surface area (Å²) in [6.07, 6.45) is 0. The molecule has 102 valence electrons. The summed E-state index contributed by atoms with van der Waals surface area (Å²) in [7, 11) is -3.40. The van der Waals surface area contributed by atoms with Gasteiger partial charge in [-0.05, 0) is 42.8 Å². The number of nitrogens with zero attached hydrogens (tertiary/aromatic N) is 1. The van der Waals surface area contributed by atoms with Crippen LogP contribution in [0.15, 0.2) is 14.7 Å². The van der Waals surface area contributed by atoms with E-state index < -0.39 is 10.0 Å². The zero-order chi connectivity index (χ0) is 13.5. The van der Waals surface area contributed by atoms with E-state index in [0.717, 1.165) is 8.66 Å². The molecule has 1 aromatic rings. The molecule has 1 fully saturated rings. The summed E-state index contributed by atoms with van der Waals surface area (Å²) in [6.45, 7) is 7.13. The second-order valence-corrected chi connectivity index (χ2v) is 9.11. The van der Waals surface area contributed by atoms with Crippen molar-refractivity contribution >= 4 is 37.3 Å². The zero-order valence-electron chi connectivity index (χ0n) is 10.6. The number of hydrogen-bond donors (Lipinski definition) is 1. The van der Waals surface area contributed by atoms with Crippen LogP contribution >= 0.6 is 27.3 Å². The minimum absolute atomic E-state index is 0.0168. The average molecular weight is 353 g/mol. The van der Waals surface area contributed by atoms with Gasteiger partial charge in [0.1, 0.15) is 0 Å². The molecular formula is C11H17BrN2O2S2. The largest absolute Gasteiger partial charge is 0.314 e. The quantitative estimate of drug-likeness (QED) is 0.887. The van der Waals surface area contributed by atoms with Crippen molar-refractivity contribution in [3.63, 3.8) is 0 Å². The highest BCUT2D eigenvalue weighted by Crippen LogP contribution is 2.33. The van der Waals surface area contributed by atoms with E-state index in [1.165, 1.54) is 11.3 Å². The van der Waals surface area contributed by atoms with Crippen LogP contribution in [-0.2, 0) is 10.0 Å². The van der Waals surface area contributed by atoms with Gasteiger partial charge in [0, 0.05) is 30.1 Å².